The molecule has 38 heavy (non-hydrogen) atoms. The van der Waals surface area contributed by atoms with Gasteiger partial charge < -0.3 is 36.8 Å². The Kier molecular flexibility index (Phi) is 12.1. The van der Waals surface area contributed by atoms with Crippen LogP contribution >= 0.6 is 0 Å². The quantitative estimate of drug-likeness (QED) is 0.247. The number of benzene rings is 2. The first-order valence-electron chi connectivity index (χ1n) is 12.6. The lowest BCUT2D eigenvalue weighted by Gasteiger charge is -2.26. The fourth-order valence-electron chi connectivity index (χ4n) is 3.77. The van der Waals surface area contributed by atoms with E-state index in [9.17, 15) is 23.9 Å². The zero-order valence-electron chi connectivity index (χ0n) is 22.1. The number of amides is 3. The fourth-order valence-corrected chi connectivity index (χ4v) is 3.77. The molecule has 0 heterocycles. The molecule has 0 radical (unpaired) electrons. The molecule has 0 aliphatic rings. The molecular weight excluding hydrogens is 493 g/mol. The van der Waals surface area contributed by atoms with Crippen molar-refractivity contribution in [2.24, 2.45) is 17.4 Å². The predicted molar refractivity (Wildman–Crippen MR) is 143 cm³/mol. The van der Waals surface area contributed by atoms with Crippen LogP contribution in [0.3, 0.4) is 0 Å². The summed E-state index contributed by atoms with van der Waals surface area (Å²) in [7, 11) is 0. The predicted octanol–water partition coefficient (Wildman–Crippen LogP) is 1.46. The number of hydrogen-bond donors (Lipinski definition) is 5. The number of aliphatic hydroxyl groups excluding tert-OH is 1. The summed E-state index contributed by atoms with van der Waals surface area (Å²) in [5, 5.41) is 16.2. The molecule has 0 saturated carbocycles. The van der Waals surface area contributed by atoms with E-state index in [1.165, 1.54) is 17.0 Å². The number of nitrogens with one attached hydrogen (secondary N) is 2. The average molecular weight is 532 g/mol. The van der Waals surface area contributed by atoms with Crippen molar-refractivity contribution in [3.05, 3.63) is 59.4 Å². The van der Waals surface area contributed by atoms with Gasteiger partial charge in [0.1, 0.15) is 12.1 Å². The van der Waals surface area contributed by atoms with Gasteiger partial charge in [-0.2, -0.15) is 0 Å². The molecule has 0 fully saturated rings. The third kappa shape index (κ3) is 8.79. The summed E-state index contributed by atoms with van der Waals surface area (Å²) in [4.78, 5) is 40.4. The first-order valence-corrected chi connectivity index (χ1v) is 12.6. The number of nitrogens with two attached hydrogens (primary N) is 2. The Morgan fingerprint density at radius 3 is 2.24 bits per heavy atom. The second kappa shape index (κ2) is 15.0. The summed E-state index contributed by atoms with van der Waals surface area (Å²) in [5.41, 5.74) is 12.6. The minimum atomic E-state index is -1.43. The Hall–Kier alpha value is -3.54. The highest BCUT2D eigenvalue weighted by Crippen LogP contribution is 2.23. The van der Waals surface area contributed by atoms with Gasteiger partial charge in [0.2, 0.25) is 17.7 Å². The van der Waals surface area contributed by atoms with Gasteiger partial charge in [0.05, 0.1) is 6.61 Å². The van der Waals surface area contributed by atoms with E-state index < -0.39 is 35.7 Å². The molecule has 0 aliphatic carbocycles. The van der Waals surface area contributed by atoms with Crippen molar-refractivity contribution in [1.29, 1.82) is 0 Å². The fraction of sp³-hybridized carbons (Fsp3) is 0.444. The van der Waals surface area contributed by atoms with Crippen LogP contribution in [0, 0.1) is 18.7 Å². The lowest BCUT2D eigenvalue weighted by molar-refractivity contribution is -0.137. The lowest BCUT2D eigenvalue weighted by atomic mass is 9.98. The number of anilines is 1. The number of hydrogen-bond acceptors (Lipinski definition) is 7. The maximum Gasteiger partial charge on any atom is 0.250 e. The Bertz CT molecular complexity index is 1080. The number of ether oxygens (including phenoxy) is 1. The standard InChI is InChI=1S/C27H38FN5O5/c1-4-38-22-10-9-20(16-21(22)28)31-27(37)24(25(35)19-7-5-17(2)6-8-19)32-26(36)18(3)15-23(34)33(13-11-29)14-12-30/h5-10,16,18,24-25,35H,4,11-15,29-30H2,1-3H3,(H,31,37)(H,32,36). The molecule has 208 valence electrons. The van der Waals surface area contributed by atoms with E-state index in [2.05, 4.69) is 10.6 Å². The Morgan fingerprint density at radius 2 is 1.68 bits per heavy atom. The minimum Gasteiger partial charge on any atom is -0.491 e. The van der Waals surface area contributed by atoms with Gasteiger partial charge in [-0.15, -0.1) is 0 Å². The lowest BCUT2D eigenvalue weighted by Crippen LogP contribution is -2.50. The van der Waals surface area contributed by atoms with Gasteiger partial charge in [0, 0.05) is 50.3 Å². The van der Waals surface area contributed by atoms with Crippen LogP contribution < -0.4 is 26.8 Å². The van der Waals surface area contributed by atoms with E-state index >= 15 is 0 Å². The Labute approximate surface area is 222 Å². The van der Waals surface area contributed by atoms with E-state index in [1.54, 1.807) is 38.1 Å². The van der Waals surface area contributed by atoms with Gasteiger partial charge in [0.15, 0.2) is 11.6 Å². The van der Waals surface area contributed by atoms with Crippen molar-refractivity contribution in [3.63, 3.8) is 0 Å². The Balaban J connectivity index is 2.23. The maximum atomic E-state index is 14.3. The molecule has 2 aromatic rings. The van der Waals surface area contributed by atoms with Crippen LogP contribution in [0.2, 0.25) is 0 Å². The van der Waals surface area contributed by atoms with E-state index in [4.69, 9.17) is 16.2 Å². The van der Waals surface area contributed by atoms with Crippen molar-refractivity contribution < 1.29 is 28.6 Å². The first-order chi connectivity index (χ1) is 18.1. The molecule has 7 N–H and O–H groups in total. The summed E-state index contributed by atoms with van der Waals surface area (Å²) in [6.45, 7) is 6.53. The molecule has 10 nitrogen and oxygen atoms in total. The number of rotatable bonds is 14. The number of carbonyl (C=O) groups excluding carboxylic acids is 3. The molecule has 3 unspecified atom stereocenters. The highest BCUT2D eigenvalue weighted by atomic mass is 19.1. The van der Waals surface area contributed by atoms with Crippen molar-refractivity contribution in [1.82, 2.24) is 10.2 Å². The third-order valence-corrected chi connectivity index (χ3v) is 5.89. The van der Waals surface area contributed by atoms with E-state index in [0.717, 1.165) is 11.6 Å². The average Bonchev–Trinajstić information content (AvgIpc) is 2.88. The molecule has 0 bridgehead atoms. The van der Waals surface area contributed by atoms with Gasteiger partial charge in [-0.25, -0.2) is 4.39 Å². The van der Waals surface area contributed by atoms with E-state index in [1.807, 2.05) is 6.92 Å². The summed E-state index contributed by atoms with van der Waals surface area (Å²) < 4.78 is 19.5. The molecule has 2 rings (SSSR count). The van der Waals surface area contributed by atoms with Crippen molar-refractivity contribution in [3.8, 4) is 5.75 Å². The third-order valence-electron chi connectivity index (χ3n) is 5.89. The van der Waals surface area contributed by atoms with Gasteiger partial charge >= 0.3 is 0 Å². The summed E-state index contributed by atoms with van der Waals surface area (Å²) in [6.07, 6.45) is -1.55. The number of aliphatic hydroxyl groups is 1. The second-order valence-corrected chi connectivity index (χ2v) is 8.97. The van der Waals surface area contributed by atoms with Gasteiger partial charge in [-0.3, -0.25) is 14.4 Å². The summed E-state index contributed by atoms with van der Waals surface area (Å²) in [6, 6.07) is 9.31. The van der Waals surface area contributed by atoms with Crippen LogP contribution in [-0.2, 0) is 14.4 Å². The molecular formula is C27H38FN5O5. The van der Waals surface area contributed by atoms with E-state index in [0.29, 0.717) is 18.7 Å². The molecule has 0 aromatic heterocycles. The van der Waals surface area contributed by atoms with Crippen molar-refractivity contribution in [2.45, 2.75) is 39.3 Å². The van der Waals surface area contributed by atoms with Gasteiger partial charge in [0.25, 0.3) is 0 Å². The van der Waals surface area contributed by atoms with E-state index in [-0.39, 0.29) is 43.5 Å². The second-order valence-electron chi connectivity index (χ2n) is 8.97. The smallest absolute Gasteiger partial charge is 0.250 e. The highest BCUT2D eigenvalue weighted by molar-refractivity contribution is 5.98. The maximum absolute atomic E-state index is 14.3. The van der Waals surface area contributed by atoms with Crippen LogP contribution in [0.4, 0.5) is 10.1 Å². The monoisotopic (exact) mass is 531 g/mol. The van der Waals surface area contributed by atoms with Crippen LogP contribution in [0.5, 0.6) is 5.75 Å². The molecule has 11 heteroatoms. The SMILES string of the molecule is CCOc1ccc(NC(=O)C(NC(=O)C(C)CC(=O)N(CCN)CCN)C(O)c2ccc(C)cc2)cc1F. The molecule has 0 spiro atoms. The first kappa shape index (κ1) is 30.7. The molecule has 2 aromatic carbocycles. The van der Waals surface area contributed by atoms with Gasteiger partial charge in [-0.1, -0.05) is 36.8 Å². The normalized spacial score (nSPS) is 13.2. The molecule has 3 amide bonds. The number of halogens is 1. The van der Waals surface area contributed by atoms with Crippen molar-refractivity contribution >= 4 is 23.4 Å². The molecule has 3 atom stereocenters. The van der Waals surface area contributed by atoms with Crippen molar-refractivity contribution in [2.75, 3.05) is 38.1 Å². The zero-order valence-corrected chi connectivity index (χ0v) is 22.1. The highest BCUT2D eigenvalue weighted by Gasteiger charge is 2.32. The zero-order chi connectivity index (χ0) is 28.2. The number of nitrogens with zero attached hydrogens (tertiary/aromatic N) is 1. The van der Waals surface area contributed by atoms with Gasteiger partial charge in [-0.05, 0) is 31.5 Å². The number of carbonyl (C=O) groups is 3. The van der Waals surface area contributed by atoms with Crippen LogP contribution in [0.15, 0.2) is 42.5 Å². The molecule has 0 aliphatic heterocycles. The van der Waals surface area contributed by atoms with Crippen LogP contribution in [-0.4, -0.2) is 66.6 Å². The topological polar surface area (TPSA) is 160 Å². The summed E-state index contributed by atoms with van der Waals surface area (Å²) >= 11 is 0. The van der Waals surface area contributed by atoms with Crippen LogP contribution in [0.25, 0.3) is 0 Å². The Morgan fingerprint density at radius 1 is 1.05 bits per heavy atom. The number of aryl methyl sites for hydroxylation is 1. The molecule has 0 saturated heterocycles. The van der Waals surface area contributed by atoms with Crippen LogP contribution in [0.1, 0.15) is 37.5 Å². The summed E-state index contributed by atoms with van der Waals surface area (Å²) in [5.74, 6) is -3.12. The minimum absolute atomic E-state index is 0.0341. The largest absolute Gasteiger partial charge is 0.491 e.